The summed E-state index contributed by atoms with van der Waals surface area (Å²) in [5.41, 5.74) is 1.14. The summed E-state index contributed by atoms with van der Waals surface area (Å²) >= 11 is 4.82. The smallest absolute Gasteiger partial charge is 0.255 e. The van der Waals surface area contributed by atoms with Gasteiger partial charge in [-0.15, -0.1) is 5.10 Å². The van der Waals surface area contributed by atoms with E-state index in [1.54, 1.807) is 29.9 Å². The quantitative estimate of drug-likeness (QED) is 0.634. The van der Waals surface area contributed by atoms with Crippen molar-refractivity contribution in [3.05, 3.63) is 46.4 Å². The second-order valence-electron chi connectivity index (χ2n) is 5.99. The number of aryl methyl sites for hydroxylation is 1. The van der Waals surface area contributed by atoms with Crippen molar-refractivity contribution < 1.29 is 14.3 Å². The molecule has 0 unspecified atom stereocenters. The van der Waals surface area contributed by atoms with Gasteiger partial charge in [-0.05, 0) is 58.6 Å². The van der Waals surface area contributed by atoms with Gasteiger partial charge in [0.15, 0.2) is 11.5 Å². The van der Waals surface area contributed by atoms with E-state index in [4.69, 9.17) is 9.47 Å². The molecule has 0 bridgehead atoms. The van der Waals surface area contributed by atoms with Crippen molar-refractivity contribution in [3.8, 4) is 11.5 Å². The number of anilines is 1. The highest BCUT2D eigenvalue weighted by Crippen LogP contribution is 2.35. The van der Waals surface area contributed by atoms with E-state index >= 15 is 0 Å². The van der Waals surface area contributed by atoms with Crippen molar-refractivity contribution in [1.29, 1.82) is 0 Å². The number of tetrazole rings is 1. The summed E-state index contributed by atoms with van der Waals surface area (Å²) in [6, 6.07) is 10.8. The van der Waals surface area contributed by atoms with Crippen molar-refractivity contribution in [3.63, 3.8) is 0 Å². The van der Waals surface area contributed by atoms with Crippen LogP contribution >= 0.6 is 27.7 Å². The Kier molecular flexibility index (Phi) is 5.49. The van der Waals surface area contributed by atoms with E-state index < -0.39 is 0 Å². The third-order valence-corrected chi connectivity index (χ3v) is 5.58. The lowest BCUT2D eigenvalue weighted by atomic mass is 10.2. The zero-order valence-corrected chi connectivity index (χ0v) is 17.3. The summed E-state index contributed by atoms with van der Waals surface area (Å²) in [7, 11) is 1.76. The van der Waals surface area contributed by atoms with Gasteiger partial charge >= 0.3 is 0 Å². The fraction of sp³-hybridized carbons (Fsp3) is 0.222. The van der Waals surface area contributed by atoms with Crippen molar-refractivity contribution >= 4 is 39.3 Å². The number of hydrogen-bond acceptors (Lipinski definition) is 7. The Balaban J connectivity index is 1.58. The molecule has 0 radical (unpaired) electrons. The Hall–Kier alpha value is -2.59. The number of rotatable bonds is 4. The van der Waals surface area contributed by atoms with Gasteiger partial charge in [0.05, 0.1) is 18.9 Å². The normalized spacial score (nSPS) is 13.1. The van der Waals surface area contributed by atoms with Crippen molar-refractivity contribution in [2.45, 2.75) is 16.5 Å². The molecular weight excluding hydrogens is 446 g/mol. The predicted octanol–water partition coefficient (Wildman–Crippen LogP) is 3.54. The molecule has 144 valence electrons. The highest BCUT2D eigenvalue weighted by molar-refractivity contribution is 9.10. The molecule has 1 aromatic heterocycles. The van der Waals surface area contributed by atoms with Gasteiger partial charge in [0.25, 0.3) is 5.91 Å². The summed E-state index contributed by atoms with van der Waals surface area (Å²) in [6.45, 7) is 1.17. The van der Waals surface area contributed by atoms with Crippen LogP contribution in [0.15, 0.2) is 50.9 Å². The summed E-state index contributed by atoms with van der Waals surface area (Å²) in [4.78, 5) is 13.7. The molecule has 0 saturated carbocycles. The Morgan fingerprint density at radius 3 is 2.79 bits per heavy atom. The molecule has 8 nitrogen and oxygen atoms in total. The minimum absolute atomic E-state index is 0.244. The van der Waals surface area contributed by atoms with E-state index in [0.29, 0.717) is 41.1 Å². The SMILES string of the molecule is Cn1nnnc1Sc1ccc(Br)cc1NC(=O)c1ccc2c(c1)OCCCO2. The molecule has 1 aliphatic rings. The summed E-state index contributed by atoms with van der Waals surface area (Å²) in [6.07, 6.45) is 0.811. The second kappa shape index (κ2) is 8.19. The fourth-order valence-electron chi connectivity index (χ4n) is 2.59. The number of nitrogens with zero attached hydrogens (tertiary/aromatic N) is 4. The van der Waals surface area contributed by atoms with E-state index in [1.165, 1.54) is 11.8 Å². The van der Waals surface area contributed by atoms with Crippen LogP contribution in [0, 0.1) is 0 Å². The van der Waals surface area contributed by atoms with Gasteiger partial charge in [-0.2, -0.15) is 0 Å². The summed E-state index contributed by atoms with van der Waals surface area (Å²) in [5, 5.41) is 15.0. The topological polar surface area (TPSA) is 91.2 Å². The Labute approximate surface area is 173 Å². The third kappa shape index (κ3) is 4.12. The number of halogens is 1. The Bertz CT molecular complexity index is 1030. The molecule has 1 N–H and O–H groups in total. The van der Waals surface area contributed by atoms with Gasteiger partial charge < -0.3 is 14.8 Å². The Morgan fingerprint density at radius 1 is 1.18 bits per heavy atom. The van der Waals surface area contributed by atoms with Crippen LogP contribution in [0.4, 0.5) is 5.69 Å². The lowest BCUT2D eigenvalue weighted by molar-refractivity contribution is 0.102. The maximum atomic E-state index is 12.8. The lowest BCUT2D eigenvalue weighted by Gasteiger charge is -2.12. The van der Waals surface area contributed by atoms with Gasteiger partial charge in [-0.1, -0.05) is 15.9 Å². The van der Waals surface area contributed by atoms with Gasteiger partial charge in [0.1, 0.15) is 0 Å². The zero-order chi connectivity index (χ0) is 19.5. The number of nitrogens with one attached hydrogen (secondary N) is 1. The van der Waals surface area contributed by atoms with Crippen LogP contribution in [-0.4, -0.2) is 39.3 Å². The number of ether oxygens (including phenoxy) is 2. The monoisotopic (exact) mass is 461 g/mol. The zero-order valence-electron chi connectivity index (χ0n) is 14.9. The largest absolute Gasteiger partial charge is 0.490 e. The number of aromatic nitrogens is 4. The van der Waals surface area contributed by atoms with E-state index in [2.05, 4.69) is 36.8 Å². The van der Waals surface area contributed by atoms with Crippen molar-refractivity contribution in [1.82, 2.24) is 20.2 Å². The number of fused-ring (bicyclic) bond motifs is 1. The van der Waals surface area contributed by atoms with Crippen LogP contribution < -0.4 is 14.8 Å². The standard InChI is InChI=1S/C18H16BrN5O3S/c1-24-18(21-22-23-24)28-16-6-4-12(19)10-13(16)20-17(25)11-3-5-14-15(9-11)27-8-2-7-26-14/h3-6,9-10H,2,7-8H2,1H3,(H,20,25). The lowest BCUT2D eigenvalue weighted by Crippen LogP contribution is -2.13. The number of carbonyl (C=O) groups is 1. The molecule has 4 rings (SSSR count). The molecule has 1 amide bonds. The molecule has 0 saturated heterocycles. The van der Waals surface area contributed by atoms with Gasteiger partial charge in [-0.25, -0.2) is 4.68 Å². The first-order chi connectivity index (χ1) is 13.6. The first kappa shape index (κ1) is 18.8. The maximum Gasteiger partial charge on any atom is 0.255 e. The van der Waals surface area contributed by atoms with Crippen LogP contribution in [0.3, 0.4) is 0 Å². The average molecular weight is 462 g/mol. The Morgan fingerprint density at radius 2 is 2.00 bits per heavy atom. The van der Waals surface area contributed by atoms with Crippen LogP contribution in [0.25, 0.3) is 0 Å². The second-order valence-corrected chi connectivity index (χ2v) is 7.92. The number of hydrogen-bond donors (Lipinski definition) is 1. The van der Waals surface area contributed by atoms with Crippen LogP contribution in [0.1, 0.15) is 16.8 Å². The summed E-state index contributed by atoms with van der Waals surface area (Å²) in [5.74, 6) is 0.994. The fourth-order valence-corrected chi connectivity index (χ4v) is 3.75. The highest BCUT2D eigenvalue weighted by Gasteiger charge is 2.16. The van der Waals surface area contributed by atoms with Crippen molar-refractivity contribution in [2.24, 2.45) is 7.05 Å². The van der Waals surface area contributed by atoms with Crippen LogP contribution in [-0.2, 0) is 7.05 Å². The molecule has 28 heavy (non-hydrogen) atoms. The molecule has 2 aromatic carbocycles. The molecule has 0 aliphatic carbocycles. The first-order valence-corrected chi connectivity index (χ1v) is 10.1. The predicted molar refractivity (Wildman–Crippen MR) is 107 cm³/mol. The molecule has 0 atom stereocenters. The van der Waals surface area contributed by atoms with E-state index in [9.17, 15) is 4.79 Å². The molecule has 1 aliphatic heterocycles. The summed E-state index contributed by atoms with van der Waals surface area (Å²) < 4.78 is 13.7. The number of carbonyl (C=O) groups excluding carboxylic acids is 1. The number of benzene rings is 2. The molecule has 10 heteroatoms. The highest BCUT2D eigenvalue weighted by atomic mass is 79.9. The van der Waals surface area contributed by atoms with E-state index in [1.807, 2.05) is 18.2 Å². The minimum atomic E-state index is -0.244. The van der Waals surface area contributed by atoms with E-state index in [-0.39, 0.29) is 5.91 Å². The molecule has 3 aromatic rings. The average Bonchev–Trinajstić information content (AvgIpc) is 2.94. The van der Waals surface area contributed by atoms with Crippen LogP contribution in [0.2, 0.25) is 0 Å². The molecule has 2 heterocycles. The molecule has 0 fully saturated rings. The molecular formula is C18H16BrN5O3S. The maximum absolute atomic E-state index is 12.8. The third-order valence-electron chi connectivity index (χ3n) is 3.98. The van der Waals surface area contributed by atoms with E-state index in [0.717, 1.165) is 15.8 Å². The molecule has 0 spiro atoms. The van der Waals surface area contributed by atoms with Gasteiger partial charge in [0.2, 0.25) is 5.16 Å². The van der Waals surface area contributed by atoms with Crippen LogP contribution in [0.5, 0.6) is 11.5 Å². The first-order valence-electron chi connectivity index (χ1n) is 8.51. The van der Waals surface area contributed by atoms with Crippen molar-refractivity contribution in [2.75, 3.05) is 18.5 Å². The van der Waals surface area contributed by atoms with Gasteiger partial charge in [-0.3, -0.25) is 4.79 Å². The number of amides is 1. The van der Waals surface area contributed by atoms with Gasteiger partial charge in [0, 0.05) is 28.4 Å². The minimum Gasteiger partial charge on any atom is -0.490 e.